The zero-order valence-electron chi connectivity index (χ0n) is 47.1. The van der Waals surface area contributed by atoms with Crippen LogP contribution in [-0.4, -0.2) is 37.2 Å². The molecule has 0 heterocycles. The zero-order chi connectivity index (χ0) is 50.7. The molecule has 0 bridgehead atoms. The van der Waals surface area contributed by atoms with Crippen LogP contribution in [0.2, 0.25) is 0 Å². The molecule has 0 saturated heterocycles. The topological polar surface area (TPSA) is 78.9 Å². The maximum atomic E-state index is 12.9. The van der Waals surface area contributed by atoms with Crippen LogP contribution in [-0.2, 0) is 28.6 Å². The molecule has 0 saturated carbocycles. The Hall–Kier alpha value is -2.37. The fourth-order valence-corrected chi connectivity index (χ4v) is 9.18. The van der Waals surface area contributed by atoms with E-state index in [1.807, 2.05) is 0 Å². The van der Waals surface area contributed by atoms with Gasteiger partial charge in [0.1, 0.15) is 13.2 Å². The minimum atomic E-state index is -0.774. The number of carbonyl (C=O) groups excluding carboxylic acids is 3. The number of ether oxygens (including phenoxy) is 3. The minimum Gasteiger partial charge on any atom is -0.462 e. The predicted octanol–water partition coefficient (Wildman–Crippen LogP) is 20.8. The molecule has 0 rings (SSSR count). The van der Waals surface area contributed by atoms with Gasteiger partial charge in [0.25, 0.3) is 0 Å². The lowest BCUT2D eigenvalue weighted by atomic mass is 10.0. The monoisotopic (exact) mass is 983 g/mol. The second-order valence-electron chi connectivity index (χ2n) is 21.0. The molecule has 0 spiro atoms. The van der Waals surface area contributed by atoms with Gasteiger partial charge in [-0.1, -0.05) is 276 Å². The van der Waals surface area contributed by atoms with E-state index in [9.17, 15) is 14.4 Å². The largest absolute Gasteiger partial charge is 0.462 e. The molecule has 70 heavy (non-hydrogen) atoms. The fourth-order valence-electron chi connectivity index (χ4n) is 9.18. The van der Waals surface area contributed by atoms with Gasteiger partial charge in [-0.2, -0.15) is 0 Å². The van der Waals surface area contributed by atoms with E-state index in [0.29, 0.717) is 19.3 Å². The van der Waals surface area contributed by atoms with Crippen molar-refractivity contribution in [2.24, 2.45) is 0 Å². The van der Waals surface area contributed by atoms with Crippen LogP contribution in [0.4, 0.5) is 0 Å². The number of hydrogen-bond donors (Lipinski definition) is 0. The summed E-state index contributed by atoms with van der Waals surface area (Å²) in [6.45, 7) is 6.66. The van der Waals surface area contributed by atoms with Gasteiger partial charge < -0.3 is 14.2 Å². The van der Waals surface area contributed by atoms with Gasteiger partial charge >= 0.3 is 17.9 Å². The number of esters is 3. The molecule has 0 fully saturated rings. The molecule has 0 aliphatic heterocycles. The molecule has 1 atom stereocenters. The predicted molar refractivity (Wildman–Crippen MR) is 302 cm³/mol. The Morgan fingerprint density at radius 2 is 0.514 bits per heavy atom. The van der Waals surface area contributed by atoms with E-state index in [4.69, 9.17) is 14.2 Å². The molecule has 410 valence electrons. The van der Waals surface area contributed by atoms with Crippen molar-refractivity contribution in [2.45, 2.75) is 341 Å². The van der Waals surface area contributed by atoms with Crippen LogP contribution in [0.3, 0.4) is 0 Å². The molecule has 0 N–H and O–H groups in total. The highest BCUT2D eigenvalue weighted by molar-refractivity contribution is 5.71. The van der Waals surface area contributed by atoms with Crippen LogP contribution in [0.5, 0.6) is 0 Å². The zero-order valence-corrected chi connectivity index (χ0v) is 47.1. The van der Waals surface area contributed by atoms with E-state index < -0.39 is 6.10 Å². The third-order valence-electron chi connectivity index (χ3n) is 13.9. The highest BCUT2D eigenvalue weighted by atomic mass is 16.6. The Balaban J connectivity index is 4.34. The summed E-state index contributed by atoms with van der Waals surface area (Å²) in [6.07, 6.45) is 71.3. The van der Waals surface area contributed by atoms with Crippen molar-refractivity contribution in [2.75, 3.05) is 13.2 Å². The average Bonchev–Trinajstić information content (AvgIpc) is 3.36. The van der Waals surface area contributed by atoms with Crippen molar-refractivity contribution in [3.8, 4) is 0 Å². The molecule has 0 amide bonds. The van der Waals surface area contributed by atoms with Gasteiger partial charge in [0.15, 0.2) is 6.10 Å². The van der Waals surface area contributed by atoms with Gasteiger partial charge in [0.2, 0.25) is 0 Å². The van der Waals surface area contributed by atoms with Crippen LogP contribution in [0.15, 0.2) is 36.5 Å². The average molecular weight is 984 g/mol. The smallest absolute Gasteiger partial charge is 0.306 e. The maximum absolute atomic E-state index is 12.9. The summed E-state index contributed by atoms with van der Waals surface area (Å²) in [5, 5.41) is 0. The summed E-state index contributed by atoms with van der Waals surface area (Å²) in [6, 6.07) is 0. The van der Waals surface area contributed by atoms with Gasteiger partial charge in [-0.25, -0.2) is 0 Å². The maximum Gasteiger partial charge on any atom is 0.306 e. The first-order valence-electron chi connectivity index (χ1n) is 31.0. The highest BCUT2D eigenvalue weighted by Gasteiger charge is 2.19. The van der Waals surface area contributed by atoms with Gasteiger partial charge in [0, 0.05) is 19.3 Å². The standard InChI is InChI=1S/C64H118O6/c1-4-7-10-13-16-19-22-25-28-30-32-34-36-39-42-45-48-51-54-57-63(66)69-60-61(59-68-62(65)56-53-50-47-44-41-38-35-27-24-21-18-15-12-9-6-3)70-64(67)58-55-52-49-46-43-40-37-33-31-29-26-23-20-17-14-11-8-5-2/h16,19,25,28-29,31,61H,4-15,17-18,20-24,26-27,30,32-60H2,1-3H3/b19-16-,28-25-,31-29-. The molecular weight excluding hydrogens is 865 g/mol. The van der Waals surface area contributed by atoms with Crippen LogP contribution in [0.25, 0.3) is 0 Å². The van der Waals surface area contributed by atoms with E-state index in [1.54, 1.807) is 0 Å². The Morgan fingerprint density at radius 1 is 0.286 bits per heavy atom. The van der Waals surface area contributed by atoms with E-state index in [1.165, 1.54) is 231 Å². The van der Waals surface area contributed by atoms with Crippen molar-refractivity contribution < 1.29 is 28.6 Å². The normalized spacial score (nSPS) is 12.2. The molecule has 0 aliphatic rings. The van der Waals surface area contributed by atoms with Gasteiger partial charge in [0.05, 0.1) is 0 Å². The Kier molecular flexibility index (Phi) is 57.2. The van der Waals surface area contributed by atoms with Gasteiger partial charge in [-0.3, -0.25) is 14.4 Å². The Labute approximate surface area is 435 Å². The number of allylic oxidation sites excluding steroid dienone is 6. The summed E-state index contributed by atoms with van der Waals surface area (Å²) in [4.78, 5) is 38.3. The summed E-state index contributed by atoms with van der Waals surface area (Å²) >= 11 is 0. The number of unbranched alkanes of at least 4 members (excludes halogenated alkanes) is 40. The van der Waals surface area contributed by atoms with Crippen LogP contribution >= 0.6 is 0 Å². The van der Waals surface area contributed by atoms with Crippen molar-refractivity contribution in [3.63, 3.8) is 0 Å². The van der Waals surface area contributed by atoms with Crippen LogP contribution in [0, 0.1) is 0 Å². The molecule has 0 radical (unpaired) electrons. The first kappa shape index (κ1) is 67.6. The molecule has 6 heteroatoms. The minimum absolute atomic E-state index is 0.0710. The van der Waals surface area contributed by atoms with Crippen molar-refractivity contribution >= 4 is 17.9 Å². The molecule has 0 aromatic carbocycles. The Morgan fingerprint density at radius 3 is 0.829 bits per heavy atom. The van der Waals surface area contributed by atoms with Gasteiger partial charge in [-0.15, -0.1) is 0 Å². The number of rotatable bonds is 57. The first-order valence-corrected chi connectivity index (χ1v) is 31.0. The third kappa shape index (κ3) is 56.5. The fraction of sp³-hybridized carbons (Fsp3) is 0.859. The highest BCUT2D eigenvalue weighted by Crippen LogP contribution is 2.17. The van der Waals surface area contributed by atoms with E-state index >= 15 is 0 Å². The lowest BCUT2D eigenvalue weighted by molar-refractivity contribution is -0.167. The summed E-state index contributed by atoms with van der Waals surface area (Å²) in [5.74, 6) is -0.858. The lowest BCUT2D eigenvalue weighted by Gasteiger charge is -2.18. The lowest BCUT2D eigenvalue weighted by Crippen LogP contribution is -2.30. The second-order valence-corrected chi connectivity index (χ2v) is 21.0. The quantitative estimate of drug-likeness (QED) is 0.0261. The second kappa shape index (κ2) is 59.2. The van der Waals surface area contributed by atoms with Crippen molar-refractivity contribution in [1.82, 2.24) is 0 Å². The Bertz CT molecular complexity index is 1170. The summed E-state index contributed by atoms with van der Waals surface area (Å²) < 4.78 is 16.9. The number of carbonyl (C=O) groups is 3. The molecule has 0 aliphatic carbocycles. The molecular formula is C64H118O6. The van der Waals surface area contributed by atoms with Crippen LogP contribution < -0.4 is 0 Å². The molecule has 1 unspecified atom stereocenters. The third-order valence-corrected chi connectivity index (χ3v) is 13.9. The summed E-state index contributed by atoms with van der Waals surface area (Å²) in [7, 11) is 0. The van der Waals surface area contributed by atoms with Crippen molar-refractivity contribution in [3.05, 3.63) is 36.5 Å². The SMILES string of the molecule is CCCCC/C=C\C/C=C\CCCCCCCCCCCC(=O)OCC(COC(=O)CCCCCCCCCCCCCCCCC)OC(=O)CCCCCCCCC/C=C\CCCCCCCCC. The van der Waals surface area contributed by atoms with E-state index in [2.05, 4.69) is 57.2 Å². The molecule has 6 nitrogen and oxygen atoms in total. The van der Waals surface area contributed by atoms with E-state index in [0.717, 1.165) is 64.2 Å². The van der Waals surface area contributed by atoms with Crippen molar-refractivity contribution in [1.29, 1.82) is 0 Å². The first-order chi connectivity index (χ1) is 34.5. The molecule has 0 aromatic heterocycles. The van der Waals surface area contributed by atoms with Crippen LogP contribution in [0.1, 0.15) is 335 Å². The van der Waals surface area contributed by atoms with E-state index in [-0.39, 0.29) is 31.1 Å². The summed E-state index contributed by atoms with van der Waals surface area (Å²) in [5.41, 5.74) is 0. The van der Waals surface area contributed by atoms with Gasteiger partial charge in [-0.05, 0) is 77.0 Å². The molecule has 0 aromatic rings. The number of hydrogen-bond acceptors (Lipinski definition) is 6.